The minimum Gasteiger partial charge on any atom is -0.368 e. The van der Waals surface area contributed by atoms with E-state index in [0.717, 1.165) is 44.7 Å². The monoisotopic (exact) mass is 341 g/mol. The van der Waals surface area contributed by atoms with Crippen LogP contribution in [0.1, 0.15) is 25.7 Å². The van der Waals surface area contributed by atoms with Crippen LogP contribution in [0.4, 0.5) is 10.5 Å². The highest BCUT2D eigenvalue weighted by Gasteiger charge is 2.24. The summed E-state index contributed by atoms with van der Waals surface area (Å²) in [6.07, 6.45) is 4.70. The largest absolute Gasteiger partial charge is 0.368 e. The van der Waals surface area contributed by atoms with Crippen LogP contribution < -0.4 is 10.2 Å². The summed E-state index contributed by atoms with van der Waals surface area (Å²) in [7, 11) is 0. The van der Waals surface area contributed by atoms with Crippen LogP contribution in [0, 0.1) is 0 Å². The third kappa shape index (κ3) is 3.79. The molecule has 1 saturated carbocycles. The van der Waals surface area contributed by atoms with Crippen LogP contribution in [0.3, 0.4) is 0 Å². The Morgan fingerprint density at radius 3 is 2.18 bits per heavy atom. The second-order valence-electron chi connectivity index (χ2n) is 6.03. The summed E-state index contributed by atoms with van der Waals surface area (Å²) in [6, 6.07) is 6.02. The van der Waals surface area contributed by atoms with Crippen molar-refractivity contribution in [2.45, 2.75) is 31.7 Å². The molecule has 0 aromatic heterocycles. The highest BCUT2D eigenvalue weighted by molar-refractivity contribution is 6.35. The molecule has 0 bridgehead atoms. The molecule has 6 heteroatoms. The van der Waals surface area contributed by atoms with Crippen molar-refractivity contribution in [3.63, 3.8) is 0 Å². The molecule has 1 N–H and O–H groups in total. The Morgan fingerprint density at radius 1 is 1.00 bits per heavy atom. The quantitative estimate of drug-likeness (QED) is 0.888. The van der Waals surface area contributed by atoms with Crippen molar-refractivity contribution in [3.8, 4) is 0 Å². The van der Waals surface area contributed by atoms with Gasteiger partial charge in [0, 0.05) is 48.0 Å². The van der Waals surface area contributed by atoms with Gasteiger partial charge in [0.05, 0.1) is 0 Å². The first-order valence-corrected chi connectivity index (χ1v) is 8.64. The van der Waals surface area contributed by atoms with Gasteiger partial charge in [-0.25, -0.2) is 4.79 Å². The number of carbonyl (C=O) groups excluding carboxylic acids is 1. The van der Waals surface area contributed by atoms with Crippen molar-refractivity contribution in [1.82, 2.24) is 10.2 Å². The molecule has 0 unspecified atom stereocenters. The molecule has 120 valence electrons. The Labute approximate surface area is 141 Å². The van der Waals surface area contributed by atoms with Crippen molar-refractivity contribution >= 4 is 34.9 Å². The average Bonchev–Trinajstić information content (AvgIpc) is 2.99. The van der Waals surface area contributed by atoms with Gasteiger partial charge in [-0.05, 0) is 31.0 Å². The minimum absolute atomic E-state index is 0.0793. The molecule has 3 rings (SSSR count). The molecule has 2 aliphatic rings. The average molecular weight is 342 g/mol. The highest BCUT2D eigenvalue weighted by Crippen LogP contribution is 2.26. The summed E-state index contributed by atoms with van der Waals surface area (Å²) in [5.41, 5.74) is 1.02. The molecular weight excluding hydrogens is 321 g/mol. The van der Waals surface area contributed by atoms with Crippen LogP contribution in [0.15, 0.2) is 18.2 Å². The van der Waals surface area contributed by atoms with Crippen LogP contribution in [0.25, 0.3) is 0 Å². The molecule has 0 atom stereocenters. The Morgan fingerprint density at radius 2 is 1.59 bits per heavy atom. The fraction of sp³-hybridized carbons (Fsp3) is 0.562. The molecular formula is C16H21Cl2N3O. The van der Waals surface area contributed by atoms with Gasteiger partial charge in [0.15, 0.2) is 0 Å². The molecule has 2 fully saturated rings. The number of rotatable bonds is 2. The first kappa shape index (κ1) is 15.8. The summed E-state index contributed by atoms with van der Waals surface area (Å²) < 4.78 is 0. The standard InChI is InChI=1S/C16H21Cl2N3O/c17-12-9-13(18)11-15(10-12)20-5-7-21(8-6-20)16(22)19-14-3-1-2-4-14/h9-11,14H,1-8H2,(H,19,22). The maximum absolute atomic E-state index is 12.3. The van der Waals surface area contributed by atoms with Gasteiger partial charge in [-0.15, -0.1) is 0 Å². The molecule has 0 radical (unpaired) electrons. The van der Waals surface area contributed by atoms with Gasteiger partial charge in [0.2, 0.25) is 0 Å². The van der Waals surface area contributed by atoms with Crippen LogP contribution >= 0.6 is 23.2 Å². The molecule has 1 aromatic carbocycles. The number of piperazine rings is 1. The third-order valence-corrected chi connectivity index (χ3v) is 4.90. The molecule has 0 spiro atoms. The van der Waals surface area contributed by atoms with E-state index < -0.39 is 0 Å². The van der Waals surface area contributed by atoms with Gasteiger partial charge in [0.1, 0.15) is 0 Å². The minimum atomic E-state index is 0.0793. The SMILES string of the molecule is O=C(NC1CCCC1)N1CCN(c2cc(Cl)cc(Cl)c2)CC1. The number of nitrogens with zero attached hydrogens (tertiary/aromatic N) is 2. The third-order valence-electron chi connectivity index (χ3n) is 4.46. The highest BCUT2D eigenvalue weighted by atomic mass is 35.5. The van der Waals surface area contributed by atoms with Crippen LogP contribution in [-0.2, 0) is 0 Å². The fourth-order valence-corrected chi connectivity index (χ4v) is 3.74. The molecule has 1 aromatic rings. The number of carbonyl (C=O) groups is 1. The van der Waals surface area contributed by atoms with Crippen LogP contribution in [-0.4, -0.2) is 43.2 Å². The summed E-state index contributed by atoms with van der Waals surface area (Å²) >= 11 is 12.1. The van der Waals surface area contributed by atoms with E-state index in [1.807, 2.05) is 17.0 Å². The lowest BCUT2D eigenvalue weighted by Crippen LogP contribution is -2.53. The predicted molar refractivity (Wildman–Crippen MR) is 91.0 cm³/mol. The summed E-state index contributed by atoms with van der Waals surface area (Å²) in [4.78, 5) is 16.4. The van der Waals surface area contributed by atoms with Gasteiger partial charge >= 0.3 is 6.03 Å². The first-order valence-electron chi connectivity index (χ1n) is 7.88. The Hall–Kier alpha value is -1.13. The number of hydrogen-bond acceptors (Lipinski definition) is 2. The van der Waals surface area contributed by atoms with E-state index in [1.165, 1.54) is 12.8 Å². The van der Waals surface area contributed by atoms with E-state index in [1.54, 1.807) is 6.07 Å². The number of amides is 2. The lowest BCUT2D eigenvalue weighted by Gasteiger charge is -2.36. The molecule has 2 amide bonds. The normalized spacial score (nSPS) is 19.5. The van der Waals surface area contributed by atoms with E-state index in [4.69, 9.17) is 23.2 Å². The van der Waals surface area contributed by atoms with E-state index in [2.05, 4.69) is 10.2 Å². The Balaban J connectivity index is 1.54. The van der Waals surface area contributed by atoms with Crippen LogP contribution in [0.5, 0.6) is 0 Å². The van der Waals surface area contributed by atoms with Crippen molar-refractivity contribution in [3.05, 3.63) is 28.2 Å². The van der Waals surface area contributed by atoms with Crippen molar-refractivity contribution < 1.29 is 4.79 Å². The zero-order valence-electron chi connectivity index (χ0n) is 12.5. The van der Waals surface area contributed by atoms with Gasteiger partial charge in [-0.2, -0.15) is 0 Å². The van der Waals surface area contributed by atoms with Crippen molar-refractivity contribution in [1.29, 1.82) is 0 Å². The molecule has 1 heterocycles. The van der Waals surface area contributed by atoms with E-state index in [9.17, 15) is 4.79 Å². The number of benzene rings is 1. The Kier molecular flexibility index (Phi) is 4.99. The van der Waals surface area contributed by atoms with E-state index in [-0.39, 0.29) is 6.03 Å². The fourth-order valence-electron chi connectivity index (χ4n) is 3.23. The molecule has 1 saturated heterocycles. The Bertz CT molecular complexity index is 518. The van der Waals surface area contributed by atoms with Gasteiger partial charge in [-0.1, -0.05) is 36.0 Å². The molecule has 22 heavy (non-hydrogen) atoms. The second-order valence-corrected chi connectivity index (χ2v) is 6.91. The van der Waals surface area contributed by atoms with E-state index in [0.29, 0.717) is 16.1 Å². The molecule has 4 nitrogen and oxygen atoms in total. The van der Waals surface area contributed by atoms with Crippen LogP contribution in [0.2, 0.25) is 10.0 Å². The summed E-state index contributed by atoms with van der Waals surface area (Å²) in [5, 5.41) is 4.43. The van der Waals surface area contributed by atoms with Crippen molar-refractivity contribution in [2.75, 3.05) is 31.1 Å². The number of urea groups is 1. The molecule has 1 aliphatic carbocycles. The zero-order valence-corrected chi connectivity index (χ0v) is 14.0. The smallest absolute Gasteiger partial charge is 0.317 e. The lowest BCUT2D eigenvalue weighted by atomic mass is 10.2. The first-order chi connectivity index (χ1) is 10.6. The predicted octanol–water partition coefficient (Wildman–Crippen LogP) is 3.77. The van der Waals surface area contributed by atoms with Gasteiger partial charge in [-0.3, -0.25) is 0 Å². The van der Waals surface area contributed by atoms with Gasteiger partial charge < -0.3 is 15.1 Å². The number of hydrogen-bond donors (Lipinski definition) is 1. The second kappa shape index (κ2) is 6.97. The summed E-state index contributed by atoms with van der Waals surface area (Å²) in [5.74, 6) is 0. The number of halogens is 2. The van der Waals surface area contributed by atoms with Gasteiger partial charge in [0.25, 0.3) is 0 Å². The number of anilines is 1. The summed E-state index contributed by atoms with van der Waals surface area (Å²) in [6.45, 7) is 3.05. The van der Waals surface area contributed by atoms with E-state index >= 15 is 0 Å². The molecule has 1 aliphatic heterocycles. The maximum Gasteiger partial charge on any atom is 0.317 e. The topological polar surface area (TPSA) is 35.6 Å². The zero-order chi connectivity index (χ0) is 15.5. The lowest BCUT2D eigenvalue weighted by molar-refractivity contribution is 0.190. The van der Waals surface area contributed by atoms with Crippen molar-refractivity contribution in [2.24, 2.45) is 0 Å². The maximum atomic E-state index is 12.3. The number of nitrogens with one attached hydrogen (secondary N) is 1.